The van der Waals surface area contributed by atoms with E-state index in [1.165, 1.54) is 0 Å². The predicted octanol–water partition coefficient (Wildman–Crippen LogP) is 3.32. The van der Waals surface area contributed by atoms with Gasteiger partial charge in [0.2, 0.25) is 0 Å². The Bertz CT molecular complexity index is 714. The van der Waals surface area contributed by atoms with E-state index in [1.54, 1.807) is 24.3 Å². The van der Waals surface area contributed by atoms with Gasteiger partial charge in [0.1, 0.15) is 11.6 Å². The van der Waals surface area contributed by atoms with Crippen LogP contribution in [0.1, 0.15) is 22.8 Å². The van der Waals surface area contributed by atoms with Crippen LogP contribution in [0.25, 0.3) is 0 Å². The number of rotatable bonds is 5. The van der Waals surface area contributed by atoms with Gasteiger partial charge in [-0.1, -0.05) is 19.1 Å². The Morgan fingerprint density at radius 3 is 2.43 bits per heavy atom. The number of carbonyl (C=O) groups is 2. The summed E-state index contributed by atoms with van der Waals surface area (Å²) >= 11 is 0. The maximum Gasteiger partial charge on any atom is 0.338 e. The van der Waals surface area contributed by atoms with E-state index in [9.17, 15) is 18.4 Å². The van der Waals surface area contributed by atoms with Gasteiger partial charge in [0.25, 0.3) is 5.91 Å². The first kappa shape index (κ1) is 16.6. The molecular formula is C17H15F2NO3. The Morgan fingerprint density at radius 1 is 1.09 bits per heavy atom. The Labute approximate surface area is 132 Å². The van der Waals surface area contributed by atoms with Crippen molar-refractivity contribution in [2.75, 3.05) is 11.9 Å². The molecule has 2 aromatic rings. The lowest BCUT2D eigenvalue weighted by molar-refractivity contribution is -0.119. The van der Waals surface area contributed by atoms with E-state index in [0.717, 1.165) is 30.2 Å². The lowest BCUT2D eigenvalue weighted by atomic mass is 10.1. The molecule has 0 aromatic heterocycles. The summed E-state index contributed by atoms with van der Waals surface area (Å²) in [5.41, 5.74) is 1.08. The molecule has 2 rings (SSSR count). The molecule has 0 fully saturated rings. The van der Waals surface area contributed by atoms with Crippen molar-refractivity contribution in [2.24, 2.45) is 0 Å². The first-order chi connectivity index (χ1) is 11.0. The van der Waals surface area contributed by atoms with Crippen molar-refractivity contribution in [1.82, 2.24) is 0 Å². The number of ether oxygens (including phenoxy) is 1. The second-order valence-corrected chi connectivity index (χ2v) is 4.80. The molecule has 4 nitrogen and oxygen atoms in total. The highest BCUT2D eigenvalue weighted by Gasteiger charge is 2.12. The van der Waals surface area contributed by atoms with Gasteiger partial charge in [-0.05, 0) is 36.2 Å². The number of amides is 1. The summed E-state index contributed by atoms with van der Waals surface area (Å²) in [7, 11) is 0. The average molecular weight is 319 g/mol. The van der Waals surface area contributed by atoms with E-state index >= 15 is 0 Å². The molecule has 0 saturated carbocycles. The first-order valence-electron chi connectivity index (χ1n) is 7.00. The van der Waals surface area contributed by atoms with Crippen molar-refractivity contribution in [2.45, 2.75) is 13.3 Å². The van der Waals surface area contributed by atoms with Crippen LogP contribution in [0, 0.1) is 11.6 Å². The van der Waals surface area contributed by atoms with Crippen LogP contribution in [0.3, 0.4) is 0 Å². The fourth-order valence-electron chi connectivity index (χ4n) is 1.87. The van der Waals surface area contributed by atoms with Crippen molar-refractivity contribution < 1.29 is 23.1 Å². The number of halogens is 2. The molecule has 0 aliphatic carbocycles. The van der Waals surface area contributed by atoms with Crippen LogP contribution in [0.4, 0.5) is 14.5 Å². The molecule has 0 unspecified atom stereocenters. The average Bonchev–Trinajstić information content (AvgIpc) is 2.56. The summed E-state index contributed by atoms with van der Waals surface area (Å²) in [6.45, 7) is 1.40. The zero-order chi connectivity index (χ0) is 16.8. The highest BCUT2D eigenvalue weighted by atomic mass is 19.1. The van der Waals surface area contributed by atoms with E-state index in [1.807, 2.05) is 6.92 Å². The van der Waals surface area contributed by atoms with Crippen LogP contribution >= 0.6 is 0 Å². The molecule has 0 atom stereocenters. The van der Waals surface area contributed by atoms with Gasteiger partial charge >= 0.3 is 5.97 Å². The summed E-state index contributed by atoms with van der Waals surface area (Å²) in [6, 6.07) is 9.46. The van der Waals surface area contributed by atoms with Crippen LogP contribution < -0.4 is 5.32 Å². The normalized spacial score (nSPS) is 10.2. The summed E-state index contributed by atoms with van der Waals surface area (Å²) in [5, 5.41) is 2.14. The zero-order valence-electron chi connectivity index (χ0n) is 12.4. The third kappa shape index (κ3) is 4.60. The number of hydrogen-bond acceptors (Lipinski definition) is 3. The second-order valence-electron chi connectivity index (χ2n) is 4.80. The minimum atomic E-state index is -0.777. The van der Waals surface area contributed by atoms with Gasteiger partial charge in [0.05, 0.1) is 11.3 Å². The number of esters is 1. The van der Waals surface area contributed by atoms with Gasteiger partial charge in [-0.25, -0.2) is 13.6 Å². The van der Waals surface area contributed by atoms with Crippen molar-refractivity contribution >= 4 is 17.6 Å². The maximum absolute atomic E-state index is 13.4. The van der Waals surface area contributed by atoms with Crippen LogP contribution in [0.5, 0.6) is 0 Å². The predicted molar refractivity (Wildman–Crippen MR) is 81.1 cm³/mol. The van der Waals surface area contributed by atoms with Crippen molar-refractivity contribution in [3.8, 4) is 0 Å². The lowest BCUT2D eigenvalue weighted by Gasteiger charge is -2.08. The van der Waals surface area contributed by atoms with E-state index in [-0.39, 0.29) is 5.69 Å². The molecule has 1 amide bonds. The standard InChI is InChI=1S/C17H15F2NO3/c1-2-11-3-5-12(6-4-11)17(22)23-10-16(21)20-15-9-13(18)7-8-14(15)19/h3-9H,2,10H2,1H3,(H,20,21). The zero-order valence-corrected chi connectivity index (χ0v) is 12.4. The molecular weight excluding hydrogens is 304 g/mol. The Morgan fingerprint density at radius 2 is 1.78 bits per heavy atom. The van der Waals surface area contributed by atoms with Gasteiger partial charge < -0.3 is 10.1 Å². The Balaban J connectivity index is 1.90. The first-order valence-corrected chi connectivity index (χ1v) is 7.00. The number of benzene rings is 2. The molecule has 0 aliphatic heterocycles. The number of hydrogen-bond donors (Lipinski definition) is 1. The molecule has 0 saturated heterocycles. The van der Waals surface area contributed by atoms with Crippen molar-refractivity contribution in [1.29, 1.82) is 0 Å². The minimum Gasteiger partial charge on any atom is -0.452 e. The largest absolute Gasteiger partial charge is 0.452 e. The van der Waals surface area contributed by atoms with E-state index in [4.69, 9.17) is 4.74 Å². The molecule has 0 heterocycles. The molecule has 23 heavy (non-hydrogen) atoms. The van der Waals surface area contributed by atoms with Gasteiger partial charge in [-0.3, -0.25) is 4.79 Å². The van der Waals surface area contributed by atoms with E-state index in [0.29, 0.717) is 5.56 Å². The van der Waals surface area contributed by atoms with Gasteiger partial charge in [-0.2, -0.15) is 0 Å². The highest BCUT2D eigenvalue weighted by molar-refractivity contribution is 5.95. The van der Waals surface area contributed by atoms with Gasteiger partial charge in [0, 0.05) is 6.07 Å². The smallest absolute Gasteiger partial charge is 0.338 e. The van der Waals surface area contributed by atoms with Crippen LogP contribution in [-0.2, 0) is 16.0 Å². The third-order valence-corrected chi connectivity index (χ3v) is 3.13. The SMILES string of the molecule is CCc1ccc(C(=O)OCC(=O)Nc2cc(F)ccc2F)cc1. The summed E-state index contributed by atoms with van der Waals surface area (Å²) < 4.78 is 31.2. The molecule has 0 radical (unpaired) electrons. The topological polar surface area (TPSA) is 55.4 Å². The molecule has 2 aromatic carbocycles. The fourth-order valence-corrected chi connectivity index (χ4v) is 1.87. The lowest BCUT2D eigenvalue weighted by Crippen LogP contribution is -2.21. The van der Waals surface area contributed by atoms with Crippen LogP contribution in [0.15, 0.2) is 42.5 Å². The summed E-state index contributed by atoms with van der Waals surface area (Å²) in [4.78, 5) is 23.4. The minimum absolute atomic E-state index is 0.307. The van der Waals surface area contributed by atoms with E-state index < -0.39 is 30.1 Å². The van der Waals surface area contributed by atoms with Crippen LogP contribution in [0.2, 0.25) is 0 Å². The van der Waals surface area contributed by atoms with E-state index in [2.05, 4.69) is 5.32 Å². The number of aryl methyl sites for hydroxylation is 1. The number of carbonyl (C=O) groups excluding carboxylic acids is 2. The number of nitrogens with one attached hydrogen (secondary N) is 1. The van der Waals surface area contributed by atoms with Crippen molar-refractivity contribution in [3.63, 3.8) is 0 Å². The Hall–Kier alpha value is -2.76. The Kier molecular flexibility index (Phi) is 5.41. The highest BCUT2D eigenvalue weighted by Crippen LogP contribution is 2.15. The second kappa shape index (κ2) is 7.49. The molecule has 6 heteroatoms. The molecule has 0 spiro atoms. The van der Waals surface area contributed by atoms with Crippen LogP contribution in [-0.4, -0.2) is 18.5 Å². The van der Waals surface area contributed by atoms with Crippen molar-refractivity contribution in [3.05, 3.63) is 65.2 Å². The molecule has 1 N–H and O–H groups in total. The van der Waals surface area contributed by atoms with Gasteiger partial charge in [-0.15, -0.1) is 0 Å². The molecule has 0 bridgehead atoms. The van der Waals surface area contributed by atoms with Gasteiger partial charge in [0.15, 0.2) is 6.61 Å². The monoisotopic (exact) mass is 319 g/mol. The quantitative estimate of drug-likeness (QED) is 0.860. The maximum atomic E-state index is 13.4. The fraction of sp³-hybridized carbons (Fsp3) is 0.176. The summed E-state index contributed by atoms with van der Waals surface area (Å²) in [6.07, 6.45) is 0.844. The molecule has 120 valence electrons. The third-order valence-electron chi connectivity index (χ3n) is 3.13. The molecule has 0 aliphatic rings. The number of anilines is 1. The summed E-state index contributed by atoms with van der Waals surface area (Å²) in [5.74, 6) is -2.88.